The van der Waals surface area contributed by atoms with Crippen molar-refractivity contribution in [2.75, 3.05) is 0 Å². The maximum atomic E-state index is 11.3. The van der Waals surface area contributed by atoms with Crippen molar-refractivity contribution in [2.24, 2.45) is 0 Å². The molecular formula is C14H10BrNO2. The van der Waals surface area contributed by atoms with E-state index in [1.54, 1.807) is 36.7 Å². The number of nitrogens with zero attached hydrogens (tertiary/aromatic N) is 1. The van der Waals surface area contributed by atoms with Crippen LogP contribution in [0.4, 0.5) is 0 Å². The van der Waals surface area contributed by atoms with Crippen molar-refractivity contribution in [1.82, 2.24) is 4.98 Å². The van der Waals surface area contributed by atoms with E-state index in [-0.39, 0.29) is 5.57 Å². The van der Waals surface area contributed by atoms with Crippen LogP contribution in [0.5, 0.6) is 0 Å². The van der Waals surface area contributed by atoms with Gasteiger partial charge in [-0.25, -0.2) is 4.79 Å². The van der Waals surface area contributed by atoms with Crippen molar-refractivity contribution in [2.45, 2.75) is 0 Å². The van der Waals surface area contributed by atoms with Crippen LogP contribution in [0, 0.1) is 0 Å². The summed E-state index contributed by atoms with van der Waals surface area (Å²) in [7, 11) is 0. The number of carboxylic acid groups (broad SMARTS) is 1. The molecule has 0 saturated carbocycles. The van der Waals surface area contributed by atoms with E-state index in [2.05, 4.69) is 20.9 Å². The zero-order valence-electron chi connectivity index (χ0n) is 9.38. The van der Waals surface area contributed by atoms with E-state index < -0.39 is 5.97 Å². The topological polar surface area (TPSA) is 50.2 Å². The minimum absolute atomic E-state index is 0.246. The standard InChI is InChI=1S/C14H10BrNO2/c15-12-5-3-11(4-6-12)13(14(17)18)8-10-2-1-7-16-9-10/h1-9H,(H,17,18)/b13-8+. The van der Waals surface area contributed by atoms with Crippen molar-refractivity contribution in [1.29, 1.82) is 0 Å². The van der Waals surface area contributed by atoms with Gasteiger partial charge in [0.2, 0.25) is 0 Å². The highest BCUT2D eigenvalue weighted by atomic mass is 79.9. The highest BCUT2D eigenvalue weighted by molar-refractivity contribution is 9.10. The predicted octanol–water partition coefficient (Wildman–Crippen LogP) is 3.47. The Balaban J connectivity index is 2.44. The zero-order valence-corrected chi connectivity index (χ0v) is 11.0. The Bertz CT molecular complexity index is 577. The molecule has 0 aliphatic carbocycles. The second-order valence-electron chi connectivity index (χ2n) is 3.66. The molecule has 0 atom stereocenters. The molecule has 0 fully saturated rings. The fourth-order valence-corrected chi connectivity index (χ4v) is 1.79. The van der Waals surface area contributed by atoms with Crippen molar-refractivity contribution in [3.63, 3.8) is 0 Å². The fourth-order valence-electron chi connectivity index (χ4n) is 1.53. The molecule has 1 aromatic carbocycles. The Kier molecular flexibility index (Phi) is 3.89. The molecular weight excluding hydrogens is 294 g/mol. The number of hydrogen-bond donors (Lipinski definition) is 1. The first-order chi connectivity index (χ1) is 8.66. The number of hydrogen-bond acceptors (Lipinski definition) is 2. The van der Waals surface area contributed by atoms with Crippen LogP contribution in [0.15, 0.2) is 53.3 Å². The third-order valence-electron chi connectivity index (χ3n) is 2.38. The average molecular weight is 304 g/mol. The summed E-state index contributed by atoms with van der Waals surface area (Å²) < 4.78 is 0.914. The molecule has 0 amide bonds. The maximum Gasteiger partial charge on any atom is 0.336 e. The van der Waals surface area contributed by atoms with E-state index in [0.29, 0.717) is 5.56 Å². The normalized spacial score (nSPS) is 11.3. The third-order valence-corrected chi connectivity index (χ3v) is 2.91. The molecule has 18 heavy (non-hydrogen) atoms. The van der Waals surface area contributed by atoms with Crippen LogP contribution >= 0.6 is 15.9 Å². The molecule has 0 spiro atoms. The number of carbonyl (C=O) groups is 1. The quantitative estimate of drug-likeness (QED) is 0.883. The highest BCUT2D eigenvalue weighted by Gasteiger charge is 2.10. The zero-order chi connectivity index (χ0) is 13.0. The van der Waals surface area contributed by atoms with E-state index in [0.717, 1.165) is 10.0 Å². The molecule has 0 aliphatic heterocycles. The number of rotatable bonds is 3. The maximum absolute atomic E-state index is 11.3. The molecule has 0 unspecified atom stereocenters. The van der Waals surface area contributed by atoms with Gasteiger partial charge in [0.15, 0.2) is 0 Å². The van der Waals surface area contributed by atoms with Crippen molar-refractivity contribution >= 4 is 33.5 Å². The Morgan fingerprint density at radius 3 is 2.50 bits per heavy atom. The second kappa shape index (κ2) is 5.60. The predicted molar refractivity (Wildman–Crippen MR) is 73.9 cm³/mol. The summed E-state index contributed by atoms with van der Waals surface area (Å²) in [6.45, 7) is 0. The van der Waals surface area contributed by atoms with E-state index >= 15 is 0 Å². The Labute approximate surface area is 113 Å². The van der Waals surface area contributed by atoms with Crippen LogP contribution in [0.3, 0.4) is 0 Å². The lowest BCUT2D eigenvalue weighted by Crippen LogP contribution is -1.99. The van der Waals surface area contributed by atoms with Gasteiger partial charge in [-0.2, -0.15) is 0 Å². The van der Waals surface area contributed by atoms with Gasteiger partial charge < -0.3 is 5.11 Å². The number of aromatic nitrogens is 1. The summed E-state index contributed by atoms with van der Waals surface area (Å²) in [6, 6.07) is 10.7. The molecule has 2 aromatic rings. The lowest BCUT2D eigenvalue weighted by molar-refractivity contribution is -0.130. The van der Waals surface area contributed by atoms with Crippen molar-refractivity contribution < 1.29 is 9.90 Å². The number of benzene rings is 1. The van der Waals surface area contributed by atoms with Gasteiger partial charge in [0.05, 0.1) is 5.57 Å². The van der Waals surface area contributed by atoms with Crippen LogP contribution in [-0.4, -0.2) is 16.1 Å². The molecule has 0 radical (unpaired) electrons. The van der Waals surface area contributed by atoms with Gasteiger partial charge in [-0.05, 0) is 35.4 Å². The van der Waals surface area contributed by atoms with Crippen molar-refractivity contribution in [3.05, 3.63) is 64.4 Å². The number of carboxylic acids is 1. The number of aliphatic carboxylic acids is 1. The summed E-state index contributed by atoms with van der Waals surface area (Å²) in [4.78, 5) is 15.2. The molecule has 4 heteroatoms. The van der Waals surface area contributed by atoms with E-state index in [9.17, 15) is 9.90 Å². The molecule has 2 rings (SSSR count). The molecule has 1 aromatic heterocycles. The van der Waals surface area contributed by atoms with Crippen LogP contribution < -0.4 is 0 Å². The van der Waals surface area contributed by atoms with Gasteiger partial charge in [0.25, 0.3) is 0 Å². The lowest BCUT2D eigenvalue weighted by Gasteiger charge is -2.03. The van der Waals surface area contributed by atoms with Crippen LogP contribution in [-0.2, 0) is 4.79 Å². The van der Waals surface area contributed by atoms with Gasteiger partial charge in [-0.1, -0.05) is 34.1 Å². The minimum atomic E-state index is -0.957. The van der Waals surface area contributed by atoms with E-state index in [1.807, 2.05) is 18.2 Å². The Morgan fingerprint density at radius 1 is 1.22 bits per heavy atom. The summed E-state index contributed by atoms with van der Waals surface area (Å²) in [6.07, 6.45) is 4.89. The van der Waals surface area contributed by atoms with E-state index in [1.165, 1.54) is 0 Å². The molecule has 90 valence electrons. The second-order valence-corrected chi connectivity index (χ2v) is 4.57. The third kappa shape index (κ3) is 3.05. The first-order valence-electron chi connectivity index (χ1n) is 5.28. The SMILES string of the molecule is O=C(O)/C(=C/c1cccnc1)c1ccc(Br)cc1. The molecule has 3 nitrogen and oxygen atoms in total. The van der Waals surface area contributed by atoms with Gasteiger partial charge in [0, 0.05) is 16.9 Å². The van der Waals surface area contributed by atoms with Gasteiger partial charge >= 0.3 is 5.97 Å². The Morgan fingerprint density at radius 2 is 1.94 bits per heavy atom. The fraction of sp³-hybridized carbons (Fsp3) is 0. The first-order valence-corrected chi connectivity index (χ1v) is 6.07. The average Bonchev–Trinajstić information content (AvgIpc) is 2.38. The molecule has 0 aliphatic rings. The highest BCUT2D eigenvalue weighted by Crippen LogP contribution is 2.20. The lowest BCUT2D eigenvalue weighted by atomic mass is 10.0. The number of halogens is 1. The monoisotopic (exact) mass is 303 g/mol. The molecule has 1 heterocycles. The van der Waals surface area contributed by atoms with Crippen LogP contribution in [0.1, 0.15) is 11.1 Å². The van der Waals surface area contributed by atoms with Gasteiger partial charge in [-0.15, -0.1) is 0 Å². The summed E-state index contributed by atoms with van der Waals surface area (Å²) in [5.74, 6) is -0.957. The smallest absolute Gasteiger partial charge is 0.336 e. The first kappa shape index (κ1) is 12.5. The number of pyridine rings is 1. The Hall–Kier alpha value is -1.94. The summed E-state index contributed by atoms with van der Waals surface area (Å²) in [5.41, 5.74) is 1.67. The van der Waals surface area contributed by atoms with Crippen molar-refractivity contribution in [3.8, 4) is 0 Å². The summed E-state index contributed by atoms with van der Waals surface area (Å²) >= 11 is 3.32. The largest absolute Gasteiger partial charge is 0.478 e. The molecule has 0 bridgehead atoms. The van der Waals surface area contributed by atoms with Gasteiger partial charge in [0.1, 0.15) is 0 Å². The van der Waals surface area contributed by atoms with Gasteiger partial charge in [-0.3, -0.25) is 4.98 Å². The molecule has 1 N–H and O–H groups in total. The molecule has 0 saturated heterocycles. The van der Waals surface area contributed by atoms with E-state index in [4.69, 9.17) is 0 Å². The minimum Gasteiger partial charge on any atom is -0.478 e. The van der Waals surface area contributed by atoms with Crippen LogP contribution in [0.25, 0.3) is 11.6 Å². The summed E-state index contributed by atoms with van der Waals surface area (Å²) in [5, 5.41) is 9.26. The van der Waals surface area contributed by atoms with Crippen LogP contribution in [0.2, 0.25) is 0 Å².